The monoisotopic (exact) mass is 287 g/mol. The number of benzene rings is 1. The molecule has 4 heteroatoms. The van der Waals surface area contributed by atoms with Crippen LogP contribution in [0.4, 0.5) is 5.69 Å². The predicted molar refractivity (Wildman–Crippen MR) is 80.0 cm³/mol. The van der Waals surface area contributed by atoms with E-state index in [2.05, 4.69) is 11.4 Å². The fourth-order valence-corrected chi connectivity index (χ4v) is 3.26. The summed E-state index contributed by atoms with van der Waals surface area (Å²) >= 11 is 0. The molecule has 1 N–H and O–H groups in total. The zero-order valence-corrected chi connectivity index (χ0v) is 12.2. The van der Waals surface area contributed by atoms with Crippen LogP contribution >= 0.6 is 0 Å². The number of ether oxygens (including phenoxy) is 1. The van der Waals surface area contributed by atoms with E-state index in [1.165, 1.54) is 17.5 Å². The molecule has 112 valence electrons. The first-order valence-corrected chi connectivity index (χ1v) is 7.80. The van der Waals surface area contributed by atoms with Crippen LogP contribution in [-0.2, 0) is 27.2 Å². The summed E-state index contributed by atoms with van der Waals surface area (Å²) in [5.41, 5.74) is 3.48. The van der Waals surface area contributed by atoms with Crippen LogP contribution in [0.3, 0.4) is 0 Å². The van der Waals surface area contributed by atoms with Crippen LogP contribution in [0.1, 0.15) is 43.2 Å². The Hall–Kier alpha value is -1.84. The molecule has 0 radical (unpaired) electrons. The number of hydrogen-bond acceptors (Lipinski definition) is 3. The molecule has 3 rings (SSSR count). The SMILES string of the molecule is O=C(COC(=O)C1CCCC1)Nc1ccc2c(c1)CCC2. The zero-order valence-electron chi connectivity index (χ0n) is 12.2. The number of aryl methyl sites for hydroxylation is 2. The van der Waals surface area contributed by atoms with Gasteiger partial charge >= 0.3 is 5.97 Å². The minimum Gasteiger partial charge on any atom is -0.455 e. The normalized spacial score (nSPS) is 17.5. The van der Waals surface area contributed by atoms with Crippen molar-refractivity contribution in [1.29, 1.82) is 0 Å². The third kappa shape index (κ3) is 3.43. The smallest absolute Gasteiger partial charge is 0.309 e. The fraction of sp³-hybridized carbons (Fsp3) is 0.529. The Morgan fingerprint density at radius 3 is 2.67 bits per heavy atom. The third-order valence-electron chi connectivity index (χ3n) is 4.42. The highest BCUT2D eigenvalue weighted by atomic mass is 16.5. The Kier molecular flexibility index (Phi) is 4.23. The van der Waals surface area contributed by atoms with Crippen molar-refractivity contribution >= 4 is 17.6 Å². The number of fused-ring (bicyclic) bond motifs is 1. The molecule has 0 heterocycles. The van der Waals surface area contributed by atoms with Crippen molar-refractivity contribution in [3.05, 3.63) is 29.3 Å². The molecule has 1 amide bonds. The van der Waals surface area contributed by atoms with E-state index in [1.54, 1.807) is 0 Å². The minimum absolute atomic E-state index is 0.00204. The van der Waals surface area contributed by atoms with E-state index >= 15 is 0 Å². The van der Waals surface area contributed by atoms with Gasteiger partial charge in [-0.15, -0.1) is 0 Å². The number of carbonyl (C=O) groups is 2. The summed E-state index contributed by atoms with van der Waals surface area (Å²) in [5, 5.41) is 2.80. The van der Waals surface area contributed by atoms with Gasteiger partial charge in [-0.25, -0.2) is 0 Å². The van der Waals surface area contributed by atoms with Crippen LogP contribution in [0.15, 0.2) is 18.2 Å². The topological polar surface area (TPSA) is 55.4 Å². The molecular formula is C17H21NO3. The number of nitrogens with one attached hydrogen (secondary N) is 1. The van der Waals surface area contributed by atoms with Gasteiger partial charge in [0.2, 0.25) is 0 Å². The second-order valence-corrected chi connectivity index (χ2v) is 5.97. The van der Waals surface area contributed by atoms with Crippen LogP contribution in [0.5, 0.6) is 0 Å². The molecule has 0 aromatic heterocycles. The lowest BCUT2D eigenvalue weighted by Crippen LogP contribution is -2.23. The van der Waals surface area contributed by atoms with Gasteiger partial charge in [0.1, 0.15) is 0 Å². The highest BCUT2D eigenvalue weighted by Crippen LogP contribution is 2.26. The van der Waals surface area contributed by atoms with Crippen molar-refractivity contribution in [3.63, 3.8) is 0 Å². The molecule has 21 heavy (non-hydrogen) atoms. The highest BCUT2D eigenvalue weighted by Gasteiger charge is 2.24. The second kappa shape index (κ2) is 6.29. The molecular weight excluding hydrogens is 266 g/mol. The van der Waals surface area contributed by atoms with E-state index in [0.29, 0.717) is 0 Å². The Morgan fingerprint density at radius 1 is 1.10 bits per heavy atom. The van der Waals surface area contributed by atoms with E-state index in [0.717, 1.165) is 44.2 Å². The van der Waals surface area contributed by atoms with Gasteiger partial charge in [0.05, 0.1) is 5.92 Å². The molecule has 1 fully saturated rings. The zero-order chi connectivity index (χ0) is 14.7. The van der Waals surface area contributed by atoms with E-state index in [-0.39, 0.29) is 24.4 Å². The molecule has 0 aliphatic heterocycles. The molecule has 4 nitrogen and oxygen atoms in total. The second-order valence-electron chi connectivity index (χ2n) is 5.97. The molecule has 0 atom stereocenters. The number of rotatable bonds is 4. The largest absolute Gasteiger partial charge is 0.455 e. The Morgan fingerprint density at radius 2 is 1.86 bits per heavy atom. The van der Waals surface area contributed by atoms with Gasteiger partial charge in [0, 0.05) is 5.69 Å². The first-order chi connectivity index (χ1) is 10.2. The van der Waals surface area contributed by atoms with Gasteiger partial charge in [-0.05, 0) is 55.4 Å². The average molecular weight is 287 g/mol. The van der Waals surface area contributed by atoms with E-state index in [4.69, 9.17) is 4.74 Å². The van der Waals surface area contributed by atoms with Crippen LogP contribution in [0.2, 0.25) is 0 Å². The molecule has 0 unspecified atom stereocenters. The van der Waals surface area contributed by atoms with E-state index in [1.807, 2.05) is 12.1 Å². The van der Waals surface area contributed by atoms with Crippen LogP contribution in [-0.4, -0.2) is 18.5 Å². The number of anilines is 1. The maximum Gasteiger partial charge on any atom is 0.309 e. The quantitative estimate of drug-likeness (QED) is 0.866. The van der Waals surface area contributed by atoms with Crippen LogP contribution in [0, 0.1) is 5.92 Å². The van der Waals surface area contributed by atoms with Gasteiger partial charge in [-0.1, -0.05) is 18.9 Å². The summed E-state index contributed by atoms with van der Waals surface area (Å²) in [6.07, 6.45) is 7.35. The summed E-state index contributed by atoms with van der Waals surface area (Å²) < 4.78 is 5.10. The molecule has 2 aliphatic carbocycles. The molecule has 1 saturated carbocycles. The number of esters is 1. The minimum atomic E-state index is -0.265. The molecule has 0 spiro atoms. The lowest BCUT2D eigenvalue weighted by Gasteiger charge is -2.10. The van der Waals surface area contributed by atoms with E-state index < -0.39 is 0 Å². The molecule has 1 aromatic rings. The molecule has 2 aliphatic rings. The molecule has 0 saturated heterocycles. The predicted octanol–water partition coefficient (Wildman–Crippen LogP) is 2.85. The van der Waals surface area contributed by atoms with Gasteiger partial charge in [-0.2, -0.15) is 0 Å². The standard InChI is InChI=1S/C17H21NO3/c19-16(11-21-17(20)13-4-1-2-5-13)18-15-9-8-12-6-3-7-14(12)10-15/h8-10,13H,1-7,11H2,(H,18,19). The Balaban J connectivity index is 1.48. The maximum atomic E-state index is 11.8. The van der Waals surface area contributed by atoms with Crippen LogP contribution < -0.4 is 5.32 Å². The fourth-order valence-electron chi connectivity index (χ4n) is 3.26. The maximum absolute atomic E-state index is 11.8. The first kappa shape index (κ1) is 14.1. The molecule has 0 bridgehead atoms. The number of amides is 1. The summed E-state index contributed by atoms with van der Waals surface area (Å²) in [6, 6.07) is 6.02. The Labute approximate surface area is 124 Å². The van der Waals surface area contributed by atoms with Gasteiger partial charge in [0.25, 0.3) is 5.91 Å². The van der Waals surface area contributed by atoms with Gasteiger partial charge in [-0.3, -0.25) is 9.59 Å². The Bertz CT molecular complexity index is 547. The van der Waals surface area contributed by atoms with Crippen molar-refractivity contribution < 1.29 is 14.3 Å². The average Bonchev–Trinajstić information content (AvgIpc) is 3.15. The van der Waals surface area contributed by atoms with Gasteiger partial charge < -0.3 is 10.1 Å². The van der Waals surface area contributed by atoms with Crippen LogP contribution in [0.25, 0.3) is 0 Å². The number of hydrogen-bond donors (Lipinski definition) is 1. The highest BCUT2D eigenvalue weighted by molar-refractivity contribution is 5.93. The lowest BCUT2D eigenvalue weighted by atomic mass is 10.1. The molecule has 1 aromatic carbocycles. The van der Waals surface area contributed by atoms with Gasteiger partial charge in [0.15, 0.2) is 6.61 Å². The summed E-state index contributed by atoms with van der Waals surface area (Å²) in [7, 11) is 0. The van der Waals surface area contributed by atoms with Crippen molar-refractivity contribution in [3.8, 4) is 0 Å². The van der Waals surface area contributed by atoms with Crippen molar-refractivity contribution in [2.45, 2.75) is 44.9 Å². The third-order valence-corrected chi connectivity index (χ3v) is 4.42. The van der Waals surface area contributed by atoms with Crippen molar-refractivity contribution in [1.82, 2.24) is 0 Å². The summed E-state index contributed by atoms with van der Waals surface area (Å²) in [5.74, 6) is -0.492. The number of carbonyl (C=O) groups excluding carboxylic acids is 2. The van der Waals surface area contributed by atoms with Crippen molar-refractivity contribution in [2.24, 2.45) is 5.92 Å². The lowest BCUT2D eigenvalue weighted by molar-refractivity contribution is -0.151. The van der Waals surface area contributed by atoms with E-state index in [9.17, 15) is 9.59 Å². The first-order valence-electron chi connectivity index (χ1n) is 7.80. The summed E-state index contributed by atoms with van der Waals surface area (Å²) in [6.45, 7) is -0.188. The van der Waals surface area contributed by atoms with Crippen molar-refractivity contribution in [2.75, 3.05) is 11.9 Å². The summed E-state index contributed by atoms with van der Waals surface area (Å²) in [4.78, 5) is 23.6.